The number of carboxylic acid groups (broad SMARTS) is 1. The van der Waals surface area contributed by atoms with Crippen molar-refractivity contribution in [1.29, 1.82) is 0 Å². The fourth-order valence-corrected chi connectivity index (χ4v) is 4.47. The molecule has 0 saturated carbocycles. The summed E-state index contributed by atoms with van der Waals surface area (Å²) in [5.74, 6) is 0.311. The van der Waals surface area contributed by atoms with Crippen molar-refractivity contribution < 1.29 is 27.9 Å². The molecule has 4 rings (SSSR count). The molecule has 3 heterocycles. The van der Waals surface area contributed by atoms with E-state index in [0.717, 1.165) is 11.2 Å². The Morgan fingerprint density at radius 2 is 1.86 bits per heavy atom. The summed E-state index contributed by atoms with van der Waals surface area (Å²) in [6.45, 7) is 1.19. The number of ether oxygens (including phenoxy) is 1. The Bertz CT molecular complexity index is 1330. The van der Waals surface area contributed by atoms with Gasteiger partial charge in [-0.15, -0.1) is 0 Å². The molecule has 0 unspecified atom stereocenters. The zero-order valence-electron chi connectivity index (χ0n) is 19.4. The Morgan fingerprint density at radius 1 is 1.17 bits per heavy atom. The normalized spacial score (nSPS) is 14.7. The molecule has 186 valence electrons. The minimum atomic E-state index is -3.30. The third-order valence-electron chi connectivity index (χ3n) is 5.90. The second-order valence-electron chi connectivity index (χ2n) is 8.39. The number of carbonyl (C=O) groups excluding carboxylic acids is 1. The highest BCUT2D eigenvalue weighted by atomic mass is 32.2. The molecule has 0 aliphatic carbocycles. The third kappa shape index (κ3) is 5.50. The highest BCUT2D eigenvalue weighted by Gasteiger charge is 2.25. The van der Waals surface area contributed by atoms with Gasteiger partial charge < -0.3 is 19.6 Å². The summed E-state index contributed by atoms with van der Waals surface area (Å²) >= 11 is 0. The number of rotatable bonds is 7. The van der Waals surface area contributed by atoms with Crippen molar-refractivity contribution >= 4 is 32.9 Å². The summed E-state index contributed by atoms with van der Waals surface area (Å²) < 4.78 is 31.1. The van der Waals surface area contributed by atoms with Gasteiger partial charge >= 0.3 is 6.09 Å². The van der Waals surface area contributed by atoms with Crippen molar-refractivity contribution in [2.24, 2.45) is 0 Å². The van der Waals surface area contributed by atoms with Crippen LogP contribution in [-0.4, -0.2) is 94.1 Å². The van der Waals surface area contributed by atoms with Crippen LogP contribution in [0.25, 0.3) is 16.7 Å². The molecule has 2 aromatic heterocycles. The van der Waals surface area contributed by atoms with E-state index in [9.17, 15) is 18.0 Å². The standard InChI is InChI=1S/C22H26N6O6S/c1-26(22(30)31)10-9-19(29)27-11-7-16(8-12-27)34-21-18-13-25-28(20(18)23-14-24-21)15-3-5-17(6-4-15)35(2,32)33/h3-6,13-14,16H,7-12H2,1-2H3,(H,30,31). The molecular formula is C22H26N6O6S. The molecule has 1 aliphatic heterocycles. The van der Waals surface area contributed by atoms with Crippen molar-refractivity contribution in [2.45, 2.75) is 30.3 Å². The van der Waals surface area contributed by atoms with E-state index < -0.39 is 15.9 Å². The van der Waals surface area contributed by atoms with Crippen LogP contribution in [0.1, 0.15) is 19.3 Å². The monoisotopic (exact) mass is 502 g/mol. The molecule has 1 saturated heterocycles. The Balaban J connectivity index is 1.41. The van der Waals surface area contributed by atoms with Gasteiger partial charge in [-0.1, -0.05) is 0 Å². The summed E-state index contributed by atoms with van der Waals surface area (Å²) in [6, 6.07) is 6.36. The van der Waals surface area contributed by atoms with Gasteiger partial charge in [-0.05, 0) is 24.3 Å². The number of fused-ring (bicyclic) bond motifs is 1. The van der Waals surface area contributed by atoms with E-state index in [0.29, 0.717) is 48.5 Å². The predicted octanol–water partition coefficient (Wildman–Crippen LogP) is 1.59. The maximum absolute atomic E-state index is 12.4. The first-order chi connectivity index (χ1) is 16.6. The molecule has 1 aromatic carbocycles. The van der Waals surface area contributed by atoms with Gasteiger partial charge in [-0.2, -0.15) is 5.10 Å². The topological polar surface area (TPSA) is 148 Å². The van der Waals surface area contributed by atoms with Crippen LogP contribution < -0.4 is 4.74 Å². The second-order valence-corrected chi connectivity index (χ2v) is 10.4. The molecule has 12 nitrogen and oxygen atoms in total. The molecule has 1 fully saturated rings. The van der Waals surface area contributed by atoms with Gasteiger partial charge in [-0.25, -0.2) is 27.9 Å². The van der Waals surface area contributed by atoms with E-state index in [2.05, 4.69) is 15.1 Å². The Kier molecular flexibility index (Phi) is 6.87. The lowest BCUT2D eigenvalue weighted by molar-refractivity contribution is -0.133. The van der Waals surface area contributed by atoms with Crippen LogP contribution in [0.15, 0.2) is 41.7 Å². The molecule has 0 radical (unpaired) electrons. The predicted molar refractivity (Wildman–Crippen MR) is 125 cm³/mol. The summed E-state index contributed by atoms with van der Waals surface area (Å²) in [4.78, 5) is 34.9. The number of amides is 2. The van der Waals surface area contributed by atoms with Crippen molar-refractivity contribution in [3.8, 4) is 11.6 Å². The summed E-state index contributed by atoms with van der Waals surface area (Å²) in [5.41, 5.74) is 1.18. The molecule has 2 amide bonds. The molecule has 13 heteroatoms. The smallest absolute Gasteiger partial charge is 0.407 e. The van der Waals surface area contributed by atoms with Crippen LogP contribution in [-0.2, 0) is 14.6 Å². The maximum atomic E-state index is 12.4. The number of nitrogens with zero attached hydrogens (tertiary/aromatic N) is 6. The van der Waals surface area contributed by atoms with E-state index >= 15 is 0 Å². The van der Waals surface area contributed by atoms with Gasteiger partial charge in [0, 0.05) is 52.2 Å². The van der Waals surface area contributed by atoms with E-state index in [-0.39, 0.29) is 29.9 Å². The van der Waals surface area contributed by atoms with Crippen molar-refractivity contribution in [3.05, 3.63) is 36.8 Å². The van der Waals surface area contributed by atoms with E-state index in [1.54, 1.807) is 27.9 Å². The SMILES string of the molecule is CN(CCC(=O)N1CCC(Oc2ncnc3c2cnn3-c2ccc(S(C)(=O)=O)cc2)CC1)C(=O)O. The van der Waals surface area contributed by atoms with Crippen LogP contribution in [0.2, 0.25) is 0 Å². The number of sulfone groups is 1. The van der Waals surface area contributed by atoms with E-state index in [1.165, 1.54) is 25.5 Å². The number of hydrogen-bond acceptors (Lipinski definition) is 8. The van der Waals surface area contributed by atoms with Crippen molar-refractivity contribution in [3.63, 3.8) is 0 Å². The van der Waals surface area contributed by atoms with Gasteiger partial charge in [0.1, 0.15) is 17.8 Å². The summed E-state index contributed by atoms with van der Waals surface area (Å²) in [5, 5.41) is 13.9. The number of hydrogen-bond donors (Lipinski definition) is 1. The summed E-state index contributed by atoms with van der Waals surface area (Å²) in [7, 11) is -1.86. The fraction of sp³-hybridized carbons (Fsp3) is 0.409. The minimum Gasteiger partial charge on any atom is -0.474 e. The Hall–Kier alpha value is -3.74. The number of likely N-dealkylation sites (tertiary alicyclic amines) is 1. The third-order valence-corrected chi connectivity index (χ3v) is 7.03. The number of carbonyl (C=O) groups is 2. The van der Waals surface area contributed by atoms with Crippen LogP contribution in [0, 0.1) is 0 Å². The quantitative estimate of drug-likeness (QED) is 0.508. The van der Waals surface area contributed by atoms with Gasteiger partial charge in [0.15, 0.2) is 15.5 Å². The lowest BCUT2D eigenvalue weighted by Gasteiger charge is -2.32. The number of benzene rings is 1. The Labute approximate surface area is 202 Å². The van der Waals surface area contributed by atoms with Gasteiger partial charge in [0.25, 0.3) is 0 Å². The lowest BCUT2D eigenvalue weighted by atomic mass is 10.1. The molecule has 35 heavy (non-hydrogen) atoms. The van der Waals surface area contributed by atoms with Crippen LogP contribution in [0.4, 0.5) is 4.79 Å². The highest BCUT2D eigenvalue weighted by molar-refractivity contribution is 7.90. The summed E-state index contributed by atoms with van der Waals surface area (Å²) in [6.07, 6.45) is 4.32. The van der Waals surface area contributed by atoms with Crippen LogP contribution in [0.5, 0.6) is 5.88 Å². The van der Waals surface area contributed by atoms with Gasteiger partial charge in [0.05, 0.1) is 16.8 Å². The maximum Gasteiger partial charge on any atom is 0.407 e. The average molecular weight is 503 g/mol. The van der Waals surface area contributed by atoms with Crippen LogP contribution in [0.3, 0.4) is 0 Å². The first kappa shape index (κ1) is 24.4. The molecule has 3 aromatic rings. The molecule has 1 N–H and O–H groups in total. The average Bonchev–Trinajstić information content (AvgIpc) is 3.27. The largest absolute Gasteiger partial charge is 0.474 e. The van der Waals surface area contributed by atoms with Gasteiger partial charge in [-0.3, -0.25) is 4.79 Å². The van der Waals surface area contributed by atoms with Gasteiger partial charge in [0.2, 0.25) is 11.8 Å². The number of piperidine rings is 1. The van der Waals surface area contributed by atoms with E-state index in [4.69, 9.17) is 9.84 Å². The van der Waals surface area contributed by atoms with E-state index in [1.807, 2.05) is 0 Å². The van der Waals surface area contributed by atoms with Crippen LogP contribution >= 0.6 is 0 Å². The lowest BCUT2D eigenvalue weighted by Crippen LogP contribution is -2.43. The molecular weight excluding hydrogens is 476 g/mol. The fourth-order valence-electron chi connectivity index (χ4n) is 3.84. The van der Waals surface area contributed by atoms with Crippen molar-refractivity contribution in [1.82, 2.24) is 29.5 Å². The second kappa shape index (κ2) is 9.86. The minimum absolute atomic E-state index is 0.0795. The molecule has 0 bridgehead atoms. The first-order valence-corrected chi connectivity index (χ1v) is 12.9. The van der Waals surface area contributed by atoms with Crippen molar-refractivity contribution in [2.75, 3.05) is 32.9 Å². The molecule has 0 spiro atoms. The zero-order chi connectivity index (χ0) is 25.2. The first-order valence-electron chi connectivity index (χ1n) is 11.0. The molecule has 1 aliphatic rings. The zero-order valence-corrected chi connectivity index (χ0v) is 20.2. The highest BCUT2D eigenvalue weighted by Crippen LogP contribution is 2.26. The molecule has 0 atom stereocenters. The Morgan fingerprint density at radius 3 is 2.49 bits per heavy atom. The number of aromatic nitrogens is 4.